The maximum absolute atomic E-state index is 13.2. The second-order valence-corrected chi connectivity index (χ2v) is 10.4. The van der Waals surface area contributed by atoms with Gasteiger partial charge in [0.1, 0.15) is 0 Å². The molecule has 0 radical (unpaired) electrons. The fourth-order valence-electron chi connectivity index (χ4n) is 3.90. The van der Waals surface area contributed by atoms with Crippen molar-refractivity contribution in [2.24, 2.45) is 5.92 Å². The molecule has 0 atom stereocenters. The highest BCUT2D eigenvalue weighted by molar-refractivity contribution is 7.91. The van der Waals surface area contributed by atoms with Crippen LogP contribution in [0.15, 0.2) is 78.0 Å². The lowest BCUT2D eigenvalue weighted by atomic mass is 10.1. The highest BCUT2D eigenvalue weighted by Crippen LogP contribution is 2.33. The van der Waals surface area contributed by atoms with Crippen molar-refractivity contribution in [2.45, 2.75) is 31.6 Å². The van der Waals surface area contributed by atoms with Gasteiger partial charge in [-0.1, -0.05) is 6.07 Å². The van der Waals surface area contributed by atoms with Gasteiger partial charge in [0.25, 0.3) is 5.91 Å². The summed E-state index contributed by atoms with van der Waals surface area (Å²) in [5.41, 5.74) is 2.17. The molecule has 0 aliphatic heterocycles. The normalized spacial score (nSPS) is 13.4. The number of hydrogen-bond donors (Lipinski definition) is 0. The fourth-order valence-corrected chi connectivity index (χ4v) is 5.59. The Labute approximate surface area is 200 Å². The Morgan fingerprint density at radius 3 is 2.26 bits per heavy atom. The molecule has 0 saturated heterocycles. The van der Waals surface area contributed by atoms with E-state index in [0.717, 1.165) is 12.8 Å². The zero-order valence-electron chi connectivity index (χ0n) is 19.2. The second kappa shape index (κ2) is 9.77. The van der Waals surface area contributed by atoms with Crippen molar-refractivity contribution in [3.05, 3.63) is 78.6 Å². The molecule has 1 aliphatic carbocycles. The van der Waals surface area contributed by atoms with E-state index in [2.05, 4.69) is 4.98 Å². The lowest BCUT2D eigenvalue weighted by Crippen LogP contribution is -2.31. The van der Waals surface area contributed by atoms with Gasteiger partial charge in [0, 0.05) is 36.6 Å². The highest BCUT2D eigenvalue weighted by atomic mass is 32.2. The number of carbonyl (C=O) groups excluding carboxylic acids is 2. The first kappa shape index (κ1) is 23.6. The van der Waals surface area contributed by atoms with Gasteiger partial charge in [-0.3, -0.25) is 19.5 Å². The Morgan fingerprint density at radius 1 is 0.971 bits per heavy atom. The van der Waals surface area contributed by atoms with Crippen molar-refractivity contribution in [1.82, 2.24) is 4.98 Å². The van der Waals surface area contributed by atoms with Gasteiger partial charge in [-0.05, 0) is 80.3 Å². The molecule has 3 aromatic rings. The predicted molar refractivity (Wildman–Crippen MR) is 132 cm³/mol. The predicted octanol–water partition coefficient (Wildman–Crippen LogP) is 4.62. The summed E-state index contributed by atoms with van der Waals surface area (Å²) in [5.74, 6) is -0.0363. The molecule has 34 heavy (non-hydrogen) atoms. The van der Waals surface area contributed by atoms with Crippen molar-refractivity contribution in [2.75, 3.05) is 22.1 Å². The van der Waals surface area contributed by atoms with Crippen LogP contribution in [-0.4, -0.2) is 37.5 Å². The number of anilines is 3. The van der Waals surface area contributed by atoms with Gasteiger partial charge in [0.05, 0.1) is 22.5 Å². The minimum atomic E-state index is -3.34. The molecule has 0 bridgehead atoms. The van der Waals surface area contributed by atoms with Crippen molar-refractivity contribution in [3.63, 3.8) is 0 Å². The first-order valence-electron chi connectivity index (χ1n) is 11.3. The molecule has 0 N–H and O–H groups in total. The maximum Gasteiger partial charge on any atom is 0.258 e. The summed E-state index contributed by atoms with van der Waals surface area (Å²) in [6, 6.07) is 16.8. The molecule has 0 spiro atoms. The third-order valence-electron chi connectivity index (χ3n) is 5.79. The summed E-state index contributed by atoms with van der Waals surface area (Å²) in [5, 5.41) is 0. The average molecular weight is 478 g/mol. The molecule has 1 saturated carbocycles. The molecule has 2 amide bonds. The van der Waals surface area contributed by atoms with Crippen LogP contribution in [0.1, 0.15) is 37.0 Å². The summed E-state index contributed by atoms with van der Waals surface area (Å²) in [6.45, 7) is 3.78. The van der Waals surface area contributed by atoms with Crippen LogP contribution in [0.2, 0.25) is 0 Å². The first-order chi connectivity index (χ1) is 16.3. The summed E-state index contributed by atoms with van der Waals surface area (Å²) in [6.07, 6.45) is 5.20. The van der Waals surface area contributed by atoms with Gasteiger partial charge in [-0.25, -0.2) is 8.42 Å². The van der Waals surface area contributed by atoms with Gasteiger partial charge < -0.3 is 4.90 Å². The zero-order valence-corrected chi connectivity index (χ0v) is 20.0. The topological polar surface area (TPSA) is 87.7 Å². The van der Waals surface area contributed by atoms with E-state index in [0.29, 0.717) is 29.2 Å². The zero-order chi connectivity index (χ0) is 24.3. The molecule has 1 aromatic heterocycles. The van der Waals surface area contributed by atoms with Crippen LogP contribution < -0.4 is 9.80 Å². The molecule has 8 heteroatoms. The molecule has 176 valence electrons. The van der Waals surface area contributed by atoms with E-state index in [9.17, 15) is 18.0 Å². The number of amides is 2. The van der Waals surface area contributed by atoms with E-state index in [1.165, 1.54) is 11.8 Å². The third kappa shape index (κ3) is 5.17. The van der Waals surface area contributed by atoms with Crippen LogP contribution in [0, 0.1) is 5.92 Å². The molecule has 0 unspecified atom stereocenters. The SMILES string of the molecule is CCN(C(=O)c1cccc(N(C(C)=O)c2ccc(S(=O)(=O)CC3CC3)cc2)c1)c1cccnc1. The maximum atomic E-state index is 13.2. The van der Waals surface area contributed by atoms with Crippen molar-refractivity contribution in [1.29, 1.82) is 0 Å². The molecule has 4 rings (SSSR count). The number of rotatable bonds is 8. The van der Waals surface area contributed by atoms with Crippen LogP contribution >= 0.6 is 0 Å². The van der Waals surface area contributed by atoms with E-state index in [-0.39, 0.29) is 28.4 Å². The summed E-state index contributed by atoms with van der Waals surface area (Å²) >= 11 is 0. The van der Waals surface area contributed by atoms with E-state index < -0.39 is 9.84 Å². The average Bonchev–Trinajstić information content (AvgIpc) is 3.64. The van der Waals surface area contributed by atoms with E-state index >= 15 is 0 Å². The largest absolute Gasteiger partial charge is 0.307 e. The van der Waals surface area contributed by atoms with Gasteiger partial charge in [-0.2, -0.15) is 0 Å². The summed E-state index contributed by atoms with van der Waals surface area (Å²) in [7, 11) is -3.34. The lowest BCUT2D eigenvalue weighted by molar-refractivity contribution is -0.115. The molecule has 7 nitrogen and oxygen atoms in total. The summed E-state index contributed by atoms with van der Waals surface area (Å²) < 4.78 is 25.1. The van der Waals surface area contributed by atoms with E-state index in [1.807, 2.05) is 13.0 Å². The van der Waals surface area contributed by atoms with Gasteiger partial charge in [0.15, 0.2) is 9.84 Å². The Morgan fingerprint density at radius 2 is 1.68 bits per heavy atom. The first-order valence-corrected chi connectivity index (χ1v) is 12.9. The van der Waals surface area contributed by atoms with Crippen LogP contribution in [0.3, 0.4) is 0 Å². The molecule has 1 fully saturated rings. The molecule has 2 aromatic carbocycles. The number of aromatic nitrogens is 1. The lowest BCUT2D eigenvalue weighted by Gasteiger charge is -2.24. The number of benzene rings is 2. The summed E-state index contributed by atoms with van der Waals surface area (Å²) in [4.78, 5) is 33.2. The third-order valence-corrected chi connectivity index (χ3v) is 7.69. The number of hydrogen-bond acceptors (Lipinski definition) is 5. The highest BCUT2D eigenvalue weighted by Gasteiger charge is 2.29. The molecule has 1 heterocycles. The number of sulfone groups is 1. The van der Waals surface area contributed by atoms with Crippen molar-refractivity contribution in [3.8, 4) is 0 Å². The Hall–Kier alpha value is -3.52. The second-order valence-electron chi connectivity index (χ2n) is 8.38. The van der Waals surface area contributed by atoms with Crippen LogP contribution in [-0.2, 0) is 14.6 Å². The number of nitrogens with zero attached hydrogens (tertiary/aromatic N) is 3. The molecule has 1 aliphatic rings. The smallest absolute Gasteiger partial charge is 0.258 e. The Kier molecular flexibility index (Phi) is 6.79. The van der Waals surface area contributed by atoms with Crippen molar-refractivity contribution < 1.29 is 18.0 Å². The van der Waals surface area contributed by atoms with Crippen LogP contribution in [0.5, 0.6) is 0 Å². The van der Waals surface area contributed by atoms with Gasteiger partial charge in [0.2, 0.25) is 5.91 Å². The van der Waals surface area contributed by atoms with Crippen LogP contribution in [0.4, 0.5) is 17.1 Å². The minimum absolute atomic E-state index is 0.164. The molecular weight excluding hydrogens is 450 g/mol. The monoisotopic (exact) mass is 477 g/mol. The Balaban J connectivity index is 1.62. The van der Waals surface area contributed by atoms with Crippen LogP contribution in [0.25, 0.3) is 0 Å². The fraction of sp³-hybridized carbons (Fsp3) is 0.269. The van der Waals surface area contributed by atoms with E-state index in [4.69, 9.17) is 0 Å². The standard InChI is InChI=1S/C26H27N3O4S/c1-3-28(24-8-5-15-27-17-24)26(31)21-6-4-7-23(16-21)29(19(2)30)22-11-13-25(14-12-22)34(32,33)18-20-9-10-20/h4-8,11-17,20H,3,9-10,18H2,1-2H3. The van der Waals surface area contributed by atoms with Crippen molar-refractivity contribution >= 4 is 38.7 Å². The quantitative estimate of drug-likeness (QED) is 0.473. The van der Waals surface area contributed by atoms with Gasteiger partial charge in [-0.15, -0.1) is 0 Å². The van der Waals surface area contributed by atoms with Gasteiger partial charge >= 0.3 is 0 Å². The minimum Gasteiger partial charge on any atom is -0.307 e. The van der Waals surface area contributed by atoms with E-state index in [1.54, 1.807) is 71.9 Å². The molecular formula is C26H27N3O4S. The Bertz CT molecular complexity index is 1290. The number of pyridine rings is 1. The number of carbonyl (C=O) groups is 2.